The van der Waals surface area contributed by atoms with Crippen molar-refractivity contribution >= 4 is 5.97 Å². The first-order chi connectivity index (χ1) is 7.61. The van der Waals surface area contributed by atoms with Gasteiger partial charge in [0.25, 0.3) is 6.43 Å². The second-order valence-electron chi connectivity index (χ2n) is 3.53. The predicted molar refractivity (Wildman–Crippen MR) is 56.3 cm³/mol. The molecule has 2 nitrogen and oxygen atoms in total. The zero-order valence-corrected chi connectivity index (χ0v) is 9.03. The Balaban J connectivity index is 2.28. The number of halogens is 2. The average molecular weight is 228 g/mol. The molecule has 4 heteroatoms. The highest BCUT2D eigenvalue weighted by molar-refractivity contribution is 5.72. The fourth-order valence-electron chi connectivity index (χ4n) is 1.15. The SMILES string of the molecule is CC(C(=O)OCCc1ccccc1)C(F)F. The Morgan fingerprint density at radius 2 is 1.94 bits per heavy atom. The molecule has 0 fully saturated rings. The van der Waals surface area contributed by atoms with Crippen LogP contribution in [0.3, 0.4) is 0 Å². The number of ether oxygens (including phenoxy) is 1. The normalized spacial score (nSPS) is 12.5. The molecule has 0 saturated carbocycles. The van der Waals surface area contributed by atoms with Crippen LogP contribution in [0.15, 0.2) is 30.3 Å². The van der Waals surface area contributed by atoms with Gasteiger partial charge in [-0.25, -0.2) is 8.78 Å². The highest BCUT2D eigenvalue weighted by Gasteiger charge is 2.24. The lowest BCUT2D eigenvalue weighted by molar-refractivity contribution is -0.152. The molecule has 0 radical (unpaired) electrons. The number of carbonyl (C=O) groups is 1. The van der Waals surface area contributed by atoms with Crippen LogP contribution in [-0.4, -0.2) is 19.0 Å². The molecule has 0 heterocycles. The van der Waals surface area contributed by atoms with Gasteiger partial charge in [-0.3, -0.25) is 4.79 Å². The van der Waals surface area contributed by atoms with Crippen molar-refractivity contribution in [3.8, 4) is 0 Å². The van der Waals surface area contributed by atoms with Crippen molar-refractivity contribution in [3.05, 3.63) is 35.9 Å². The van der Waals surface area contributed by atoms with Gasteiger partial charge in [-0.15, -0.1) is 0 Å². The first-order valence-electron chi connectivity index (χ1n) is 5.10. The Kier molecular flexibility index (Phi) is 4.89. The van der Waals surface area contributed by atoms with Gasteiger partial charge in [-0.2, -0.15) is 0 Å². The smallest absolute Gasteiger partial charge is 0.314 e. The van der Waals surface area contributed by atoms with Gasteiger partial charge in [0.05, 0.1) is 6.61 Å². The molecule has 1 aromatic carbocycles. The molecule has 0 N–H and O–H groups in total. The number of hydrogen-bond donors (Lipinski definition) is 0. The molecule has 0 spiro atoms. The number of esters is 1. The van der Waals surface area contributed by atoms with Crippen LogP contribution < -0.4 is 0 Å². The van der Waals surface area contributed by atoms with Crippen molar-refractivity contribution < 1.29 is 18.3 Å². The summed E-state index contributed by atoms with van der Waals surface area (Å²) in [5.74, 6) is -2.19. The number of hydrogen-bond acceptors (Lipinski definition) is 2. The van der Waals surface area contributed by atoms with Crippen molar-refractivity contribution in [3.63, 3.8) is 0 Å². The zero-order valence-electron chi connectivity index (χ0n) is 9.03. The van der Waals surface area contributed by atoms with E-state index in [2.05, 4.69) is 0 Å². The molecule has 1 unspecified atom stereocenters. The Hall–Kier alpha value is -1.45. The van der Waals surface area contributed by atoms with E-state index in [1.807, 2.05) is 30.3 Å². The van der Waals surface area contributed by atoms with Crippen LogP contribution in [0.5, 0.6) is 0 Å². The summed E-state index contributed by atoms with van der Waals surface area (Å²) in [5, 5.41) is 0. The summed E-state index contributed by atoms with van der Waals surface area (Å²) in [4.78, 5) is 11.1. The van der Waals surface area contributed by atoms with Gasteiger partial charge in [-0.1, -0.05) is 30.3 Å². The predicted octanol–water partition coefficient (Wildman–Crippen LogP) is 2.67. The summed E-state index contributed by atoms with van der Waals surface area (Å²) < 4.78 is 29.0. The van der Waals surface area contributed by atoms with E-state index in [1.165, 1.54) is 0 Å². The summed E-state index contributed by atoms with van der Waals surface area (Å²) >= 11 is 0. The van der Waals surface area contributed by atoms with Crippen LogP contribution in [0.2, 0.25) is 0 Å². The maximum Gasteiger partial charge on any atom is 0.314 e. The fourth-order valence-corrected chi connectivity index (χ4v) is 1.15. The van der Waals surface area contributed by atoms with E-state index >= 15 is 0 Å². The van der Waals surface area contributed by atoms with Gasteiger partial charge >= 0.3 is 5.97 Å². The third kappa shape index (κ3) is 3.96. The lowest BCUT2D eigenvalue weighted by atomic mass is 10.1. The standard InChI is InChI=1S/C12H14F2O2/c1-9(11(13)14)12(15)16-8-7-10-5-3-2-4-6-10/h2-6,9,11H,7-8H2,1H3. The highest BCUT2D eigenvalue weighted by atomic mass is 19.3. The third-order valence-electron chi connectivity index (χ3n) is 2.23. The molecular formula is C12H14F2O2. The molecule has 1 aromatic rings. The van der Waals surface area contributed by atoms with Crippen LogP contribution in [-0.2, 0) is 16.0 Å². The van der Waals surface area contributed by atoms with E-state index in [1.54, 1.807) is 0 Å². The lowest BCUT2D eigenvalue weighted by Crippen LogP contribution is -2.22. The number of benzene rings is 1. The first kappa shape index (κ1) is 12.6. The summed E-state index contributed by atoms with van der Waals surface area (Å²) in [7, 11) is 0. The largest absolute Gasteiger partial charge is 0.465 e. The minimum atomic E-state index is -2.66. The Morgan fingerprint density at radius 3 is 2.50 bits per heavy atom. The maximum absolute atomic E-state index is 12.1. The van der Waals surface area contributed by atoms with E-state index in [0.717, 1.165) is 12.5 Å². The number of rotatable bonds is 5. The Labute approximate surface area is 93.2 Å². The van der Waals surface area contributed by atoms with Gasteiger partial charge in [0.1, 0.15) is 5.92 Å². The molecule has 1 rings (SSSR count). The van der Waals surface area contributed by atoms with E-state index < -0.39 is 18.3 Å². The molecule has 0 amide bonds. The van der Waals surface area contributed by atoms with Crippen LogP contribution in [0.1, 0.15) is 12.5 Å². The van der Waals surface area contributed by atoms with Crippen LogP contribution in [0.4, 0.5) is 8.78 Å². The monoisotopic (exact) mass is 228 g/mol. The van der Waals surface area contributed by atoms with Crippen molar-refractivity contribution in [1.29, 1.82) is 0 Å². The van der Waals surface area contributed by atoms with Gasteiger partial charge < -0.3 is 4.74 Å². The van der Waals surface area contributed by atoms with Crippen molar-refractivity contribution in [2.45, 2.75) is 19.8 Å². The van der Waals surface area contributed by atoms with Crippen LogP contribution in [0.25, 0.3) is 0 Å². The zero-order chi connectivity index (χ0) is 12.0. The van der Waals surface area contributed by atoms with Crippen molar-refractivity contribution in [2.75, 3.05) is 6.61 Å². The van der Waals surface area contributed by atoms with Gasteiger partial charge in [0.15, 0.2) is 0 Å². The number of alkyl halides is 2. The maximum atomic E-state index is 12.1. The van der Waals surface area contributed by atoms with E-state index in [0.29, 0.717) is 6.42 Å². The van der Waals surface area contributed by atoms with Crippen molar-refractivity contribution in [2.24, 2.45) is 5.92 Å². The molecule has 0 aromatic heterocycles. The molecule has 0 bridgehead atoms. The minimum absolute atomic E-state index is 0.139. The van der Waals surface area contributed by atoms with E-state index in [4.69, 9.17) is 4.74 Å². The molecule has 1 atom stereocenters. The molecule has 0 aliphatic heterocycles. The van der Waals surface area contributed by atoms with Crippen molar-refractivity contribution in [1.82, 2.24) is 0 Å². The molecule has 16 heavy (non-hydrogen) atoms. The summed E-state index contributed by atoms with van der Waals surface area (Å²) in [6.07, 6.45) is -2.12. The molecular weight excluding hydrogens is 214 g/mol. The van der Waals surface area contributed by atoms with Crippen LogP contribution >= 0.6 is 0 Å². The highest BCUT2D eigenvalue weighted by Crippen LogP contribution is 2.10. The summed E-state index contributed by atoms with van der Waals surface area (Å²) in [6, 6.07) is 9.42. The average Bonchev–Trinajstić information content (AvgIpc) is 2.29. The summed E-state index contributed by atoms with van der Waals surface area (Å²) in [5.41, 5.74) is 1.01. The van der Waals surface area contributed by atoms with Gasteiger partial charge in [0.2, 0.25) is 0 Å². The topological polar surface area (TPSA) is 26.3 Å². The molecule has 0 aliphatic carbocycles. The number of carbonyl (C=O) groups excluding carboxylic acids is 1. The first-order valence-corrected chi connectivity index (χ1v) is 5.10. The third-order valence-corrected chi connectivity index (χ3v) is 2.23. The van der Waals surface area contributed by atoms with Crippen LogP contribution in [0, 0.1) is 5.92 Å². The summed E-state index contributed by atoms with van der Waals surface area (Å²) in [6.45, 7) is 1.30. The quantitative estimate of drug-likeness (QED) is 0.724. The minimum Gasteiger partial charge on any atom is -0.465 e. The Morgan fingerprint density at radius 1 is 1.31 bits per heavy atom. The fraction of sp³-hybridized carbons (Fsp3) is 0.417. The lowest BCUT2D eigenvalue weighted by Gasteiger charge is -2.10. The molecule has 0 aliphatic rings. The van der Waals surface area contributed by atoms with E-state index in [-0.39, 0.29) is 6.61 Å². The molecule has 88 valence electrons. The van der Waals surface area contributed by atoms with Gasteiger partial charge in [-0.05, 0) is 12.5 Å². The van der Waals surface area contributed by atoms with Gasteiger partial charge in [0, 0.05) is 6.42 Å². The van der Waals surface area contributed by atoms with E-state index in [9.17, 15) is 13.6 Å². The Bertz CT molecular complexity index is 325. The second-order valence-corrected chi connectivity index (χ2v) is 3.53. The molecule has 0 saturated heterocycles. The second kappa shape index (κ2) is 6.20.